The fraction of sp³-hybridized carbons (Fsp3) is 0.867. The molecular formula is C15H25NO3. The van der Waals surface area contributed by atoms with Gasteiger partial charge < -0.3 is 10.4 Å². The molecule has 4 heteroatoms. The van der Waals surface area contributed by atoms with E-state index in [0.29, 0.717) is 19.3 Å². The smallest absolute Gasteiger partial charge is 0.306 e. The standard InChI is InChI=1S/C15H25NO3/c17-14(9-6-11-4-2-1-3-5-11)16-13-8-7-12(10-13)15(18)19/h11-13H,1-10H2,(H,16,17)(H,18,19). The largest absolute Gasteiger partial charge is 0.481 e. The maximum atomic E-state index is 11.9. The summed E-state index contributed by atoms with van der Waals surface area (Å²) in [6.45, 7) is 0. The Morgan fingerprint density at radius 2 is 1.79 bits per heavy atom. The molecule has 0 bridgehead atoms. The Morgan fingerprint density at radius 3 is 2.42 bits per heavy atom. The maximum absolute atomic E-state index is 11.9. The minimum atomic E-state index is -0.723. The van der Waals surface area contributed by atoms with Crippen LogP contribution in [0.5, 0.6) is 0 Å². The first-order valence-corrected chi connectivity index (χ1v) is 7.67. The summed E-state index contributed by atoms with van der Waals surface area (Å²) in [5, 5.41) is 11.9. The van der Waals surface area contributed by atoms with Crippen molar-refractivity contribution in [3.63, 3.8) is 0 Å². The van der Waals surface area contributed by atoms with Gasteiger partial charge in [-0.3, -0.25) is 9.59 Å². The van der Waals surface area contributed by atoms with Crippen LogP contribution in [0.4, 0.5) is 0 Å². The maximum Gasteiger partial charge on any atom is 0.306 e. The lowest BCUT2D eigenvalue weighted by atomic mass is 9.86. The molecule has 2 unspecified atom stereocenters. The van der Waals surface area contributed by atoms with E-state index in [1.807, 2.05) is 0 Å². The van der Waals surface area contributed by atoms with Gasteiger partial charge in [-0.15, -0.1) is 0 Å². The molecule has 0 heterocycles. The SMILES string of the molecule is O=C(CCC1CCCCC1)NC1CCC(C(=O)O)C1. The van der Waals surface area contributed by atoms with E-state index in [4.69, 9.17) is 5.11 Å². The van der Waals surface area contributed by atoms with Crippen molar-refractivity contribution in [1.82, 2.24) is 5.32 Å². The number of nitrogens with one attached hydrogen (secondary N) is 1. The van der Waals surface area contributed by atoms with E-state index in [-0.39, 0.29) is 17.9 Å². The van der Waals surface area contributed by atoms with Crippen molar-refractivity contribution in [2.75, 3.05) is 0 Å². The summed E-state index contributed by atoms with van der Waals surface area (Å²) in [5.41, 5.74) is 0. The van der Waals surface area contributed by atoms with E-state index in [1.54, 1.807) is 0 Å². The average Bonchev–Trinajstić information content (AvgIpc) is 2.86. The molecule has 19 heavy (non-hydrogen) atoms. The zero-order valence-electron chi connectivity index (χ0n) is 11.6. The molecule has 4 nitrogen and oxygen atoms in total. The van der Waals surface area contributed by atoms with Gasteiger partial charge in [0.25, 0.3) is 0 Å². The van der Waals surface area contributed by atoms with E-state index < -0.39 is 5.97 Å². The monoisotopic (exact) mass is 267 g/mol. The summed E-state index contributed by atoms with van der Waals surface area (Å²) >= 11 is 0. The molecular weight excluding hydrogens is 242 g/mol. The predicted octanol–water partition coefficient (Wildman–Crippen LogP) is 2.72. The van der Waals surface area contributed by atoms with Crippen LogP contribution in [0.15, 0.2) is 0 Å². The van der Waals surface area contributed by atoms with Crippen LogP contribution >= 0.6 is 0 Å². The minimum absolute atomic E-state index is 0.0833. The Hall–Kier alpha value is -1.06. The van der Waals surface area contributed by atoms with Crippen molar-refractivity contribution < 1.29 is 14.7 Å². The summed E-state index contributed by atoms with van der Waals surface area (Å²) in [7, 11) is 0. The summed E-state index contributed by atoms with van der Waals surface area (Å²) in [6.07, 6.45) is 10.3. The summed E-state index contributed by atoms with van der Waals surface area (Å²) < 4.78 is 0. The average molecular weight is 267 g/mol. The van der Waals surface area contributed by atoms with Gasteiger partial charge in [0.1, 0.15) is 0 Å². The van der Waals surface area contributed by atoms with Crippen LogP contribution in [0.1, 0.15) is 64.2 Å². The zero-order valence-corrected chi connectivity index (χ0v) is 11.6. The second-order valence-corrected chi connectivity index (χ2v) is 6.16. The van der Waals surface area contributed by atoms with E-state index in [0.717, 1.165) is 18.8 Å². The summed E-state index contributed by atoms with van der Waals surface area (Å²) in [4.78, 5) is 22.7. The number of carbonyl (C=O) groups is 2. The lowest BCUT2D eigenvalue weighted by molar-refractivity contribution is -0.141. The van der Waals surface area contributed by atoms with Gasteiger partial charge in [0, 0.05) is 12.5 Å². The molecule has 0 aliphatic heterocycles. The fourth-order valence-electron chi connectivity index (χ4n) is 3.45. The van der Waals surface area contributed by atoms with Crippen LogP contribution in [0.3, 0.4) is 0 Å². The number of amides is 1. The predicted molar refractivity (Wildman–Crippen MR) is 72.7 cm³/mol. The van der Waals surface area contributed by atoms with Crippen molar-refractivity contribution in [2.45, 2.75) is 70.3 Å². The molecule has 0 saturated heterocycles. The molecule has 2 aliphatic carbocycles. The van der Waals surface area contributed by atoms with Gasteiger partial charge >= 0.3 is 5.97 Å². The van der Waals surface area contributed by atoms with Gasteiger partial charge in [0.05, 0.1) is 5.92 Å². The third kappa shape index (κ3) is 4.51. The van der Waals surface area contributed by atoms with Crippen molar-refractivity contribution >= 4 is 11.9 Å². The van der Waals surface area contributed by atoms with Crippen molar-refractivity contribution in [3.8, 4) is 0 Å². The molecule has 2 atom stereocenters. The van der Waals surface area contributed by atoms with Crippen LogP contribution < -0.4 is 5.32 Å². The topological polar surface area (TPSA) is 66.4 Å². The number of rotatable bonds is 5. The molecule has 0 aromatic rings. The quantitative estimate of drug-likeness (QED) is 0.805. The first-order chi connectivity index (χ1) is 9.15. The summed E-state index contributed by atoms with van der Waals surface area (Å²) in [6, 6.07) is 0.0833. The third-order valence-electron chi connectivity index (χ3n) is 4.65. The Labute approximate surface area is 115 Å². The molecule has 0 aromatic heterocycles. The second-order valence-electron chi connectivity index (χ2n) is 6.16. The van der Waals surface area contributed by atoms with Gasteiger partial charge in [-0.25, -0.2) is 0 Å². The highest BCUT2D eigenvalue weighted by Crippen LogP contribution is 2.28. The van der Waals surface area contributed by atoms with Crippen LogP contribution in [0.2, 0.25) is 0 Å². The van der Waals surface area contributed by atoms with Crippen LogP contribution in [-0.2, 0) is 9.59 Å². The molecule has 0 radical (unpaired) electrons. The number of carbonyl (C=O) groups excluding carboxylic acids is 1. The Kier molecular flexibility index (Phi) is 5.23. The number of carboxylic acids is 1. The van der Waals surface area contributed by atoms with Crippen LogP contribution in [0, 0.1) is 11.8 Å². The highest BCUT2D eigenvalue weighted by atomic mass is 16.4. The lowest BCUT2D eigenvalue weighted by Gasteiger charge is -2.21. The van der Waals surface area contributed by atoms with Crippen LogP contribution in [-0.4, -0.2) is 23.0 Å². The minimum Gasteiger partial charge on any atom is -0.481 e. The summed E-state index contributed by atoms with van der Waals surface area (Å²) in [5.74, 6) is -0.140. The Balaban J connectivity index is 1.63. The van der Waals surface area contributed by atoms with Gasteiger partial charge in [0.15, 0.2) is 0 Å². The molecule has 0 aromatic carbocycles. The number of carboxylic acid groups (broad SMARTS) is 1. The molecule has 2 N–H and O–H groups in total. The van der Waals surface area contributed by atoms with Crippen LogP contribution in [0.25, 0.3) is 0 Å². The van der Waals surface area contributed by atoms with E-state index in [2.05, 4.69) is 5.32 Å². The molecule has 2 rings (SSSR count). The van der Waals surface area contributed by atoms with Crippen molar-refractivity contribution in [3.05, 3.63) is 0 Å². The fourth-order valence-corrected chi connectivity index (χ4v) is 3.45. The Bertz CT molecular complexity index is 323. The number of hydrogen-bond donors (Lipinski definition) is 2. The van der Waals surface area contributed by atoms with E-state index in [1.165, 1.54) is 32.1 Å². The molecule has 2 aliphatic rings. The van der Waals surface area contributed by atoms with Gasteiger partial charge in [-0.1, -0.05) is 32.1 Å². The van der Waals surface area contributed by atoms with Gasteiger partial charge in [-0.2, -0.15) is 0 Å². The van der Waals surface area contributed by atoms with E-state index in [9.17, 15) is 9.59 Å². The first-order valence-electron chi connectivity index (χ1n) is 7.67. The van der Waals surface area contributed by atoms with Gasteiger partial charge in [-0.05, 0) is 31.6 Å². The number of hydrogen-bond acceptors (Lipinski definition) is 2. The number of aliphatic carboxylic acids is 1. The second kappa shape index (κ2) is 6.92. The molecule has 0 spiro atoms. The molecule has 2 fully saturated rings. The zero-order chi connectivity index (χ0) is 13.7. The molecule has 1 amide bonds. The van der Waals surface area contributed by atoms with Gasteiger partial charge in [0.2, 0.25) is 5.91 Å². The van der Waals surface area contributed by atoms with E-state index >= 15 is 0 Å². The highest BCUT2D eigenvalue weighted by molar-refractivity contribution is 5.76. The van der Waals surface area contributed by atoms with Crippen molar-refractivity contribution in [1.29, 1.82) is 0 Å². The Morgan fingerprint density at radius 1 is 1.05 bits per heavy atom. The molecule has 2 saturated carbocycles. The third-order valence-corrected chi connectivity index (χ3v) is 4.65. The first kappa shape index (κ1) is 14.4. The highest BCUT2D eigenvalue weighted by Gasteiger charge is 2.30. The lowest BCUT2D eigenvalue weighted by Crippen LogP contribution is -2.33. The molecule has 108 valence electrons. The van der Waals surface area contributed by atoms with Crippen molar-refractivity contribution in [2.24, 2.45) is 11.8 Å². The normalized spacial score (nSPS) is 28.2.